The van der Waals surface area contributed by atoms with Crippen molar-refractivity contribution in [3.05, 3.63) is 12.2 Å². The summed E-state index contributed by atoms with van der Waals surface area (Å²) < 4.78 is 6.07. The Morgan fingerprint density at radius 1 is 1.17 bits per heavy atom. The van der Waals surface area contributed by atoms with Crippen molar-refractivity contribution < 1.29 is 31.5 Å². The van der Waals surface area contributed by atoms with Crippen LogP contribution < -0.4 is 12.4 Å². The van der Waals surface area contributed by atoms with E-state index in [0.717, 1.165) is 23.9 Å². The molecule has 4 nitrogen and oxygen atoms in total. The minimum atomic E-state index is -0.347. The first-order chi connectivity index (χ1) is 10.4. The highest BCUT2D eigenvalue weighted by Crippen LogP contribution is 2.36. The van der Waals surface area contributed by atoms with Gasteiger partial charge in [-0.2, -0.15) is 0 Å². The average molecular weight is 364 g/mol. The first-order valence-corrected chi connectivity index (χ1v) is 8.76. The van der Waals surface area contributed by atoms with E-state index in [4.69, 9.17) is 4.74 Å². The Labute approximate surface area is 155 Å². The van der Waals surface area contributed by atoms with Crippen LogP contribution in [-0.2, 0) is 9.53 Å². The summed E-state index contributed by atoms with van der Waals surface area (Å²) in [7, 11) is 0. The number of hydrogen-bond acceptors (Lipinski definition) is 3. The minimum absolute atomic E-state index is 0. The quantitative estimate of drug-likeness (QED) is 0.269. The van der Waals surface area contributed by atoms with Crippen molar-refractivity contribution in [1.82, 2.24) is 0 Å². The van der Waals surface area contributed by atoms with Gasteiger partial charge in [-0.05, 0) is 61.8 Å². The zero-order chi connectivity index (χ0) is 18.4. The van der Waals surface area contributed by atoms with Crippen LogP contribution in [0.2, 0.25) is 0 Å². The number of ether oxygens (including phenoxy) is 1. The number of nitrogens with zero attached hydrogens (tertiary/aromatic N) is 1. The van der Waals surface area contributed by atoms with E-state index in [1.807, 2.05) is 6.92 Å². The van der Waals surface area contributed by atoms with Crippen molar-refractivity contribution >= 4 is 5.97 Å². The molecule has 24 heavy (non-hydrogen) atoms. The second-order valence-electron chi connectivity index (χ2n) is 7.98. The van der Waals surface area contributed by atoms with Crippen molar-refractivity contribution in [2.45, 2.75) is 92.0 Å². The molecule has 0 aromatic rings. The van der Waals surface area contributed by atoms with Crippen LogP contribution in [0, 0.1) is 0 Å². The standard InChI is InChI=1S/C19H38NO3.ClH/c1-14(2)18(22)23-12-10-11-19(8,9)20(15(3)4,16(5)6)13-17(7)21;/h15-17,21H,1,10-13H2,2-9H3;1H/q+1;/p-1. The third-order valence-electron chi connectivity index (χ3n) is 5.05. The van der Waals surface area contributed by atoms with Gasteiger partial charge in [0.15, 0.2) is 0 Å². The van der Waals surface area contributed by atoms with Crippen molar-refractivity contribution in [2.24, 2.45) is 0 Å². The SMILES string of the molecule is C=C(C)C(=O)OCCCC(C)(C)[N+](CC(C)O)(C(C)C)C(C)C.[Cl-]. The lowest BCUT2D eigenvalue weighted by molar-refractivity contribution is -1.01. The smallest absolute Gasteiger partial charge is 0.333 e. The Bertz CT molecular complexity index is 395. The highest BCUT2D eigenvalue weighted by atomic mass is 35.5. The molecular formula is C19H38ClNO3. The van der Waals surface area contributed by atoms with Gasteiger partial charge in [0.25, 0.3) is 0 Å². The second kappa shape index (κ2) is 10.4. The van der Waals surface area contributed by atoms with Crippen LogP contribution in [0.5, 0.6) is 0 Å². The average Bonchev–Trinajstić information content (AvgIpc) is 2.39. The zero-order valence-corrected chi connectivity index (χ0v) is 17.6. The summed E-state index contributed by atoms with van der Waals surface area (Å²) in [4.78, 5) is 11.5. The molecule has 0 radical (unpaired) electrons. The van der Waals surface area contributed by atoms with Crippen LogP contribution in [0.15, 0.2) is 12.2 Å². The molecule has 0 fully saturated rings. The summed E-state index contributed by atoms with van der Waals surface area (Å²) >= 11 is 0. The fourth-order valence-corrected chi connectivity index (χ4v) is 4.10. The number of carbonyl (C=O) groups is 1. The molecule has 144 valence electrons. The number of hydrogen-bond donors (Lipinski definition) is 1. The first-order valence-electron chi connectivity index (χ1n) is 8.76. The van der Waals surface area contributed by atoms with Gasteiger partial charge in [-0.1, -0.05) is 6.58 Å². The number of carbonyl (C=O) groups excluding carboxylic acids is 1. The van der Waals surface area contributed by atoms with Crippen LogP contribution >= 0.6 is 0 Å². The summed E-state index contributed by atoms with van der Waals surface area (Å²) in [6.07, 6.45) is 1.39. The molecule has 0 amide bonds. The molecular weight excluding hydrogens is 326 g/mol. The summed E-state index contributed by atoms with van der Waals surface area (Å²) in [6, 6.07) is 0.801. The summed E-state index contributed by atoms with van der Waals surface area (Å²) in [5, 5.41) is 10.1. The highest BCUT2D eigenvalue weighted by Gasteiger charge is 2.48. The molecule has 1 unspecified atom stereocenters. The second-order valence-corrected chi connectivity index (χ2v) is 7.98. The van der Waals surface area contributed by atoms with E-state index in [-0.39, 0.29) is 30.0 Å². The molecule has 0 aromatic carbocycles. The Morgan fingerprint density at radius 3 is 1.96 bits per heavy atom. The summed E-state index contributed by atoms with van der Waals surface area (Å²) in [5.74, 6) is -0.319. The van der Waals surface area contributed by atoms with Crippen molar-refractivity contribution in [2.75, 3.05) is 13.2 Å². The minimum Gasteiger partial charge on any atom is -1.00 e. The molecule has 0 spiro atoms. The molecule has 0 saturated carbocycles. The van der Waals surface area contributed by atoms with E-state index in [9.17, 15) is 9.90 Å². The van der Waals surface area contributed by atoms with E-state index >= 15 is 0 Å². The van der Waals surface area contributed by atoms with Gasteiger partial charge in [-0.3, -0.25) is 0 Å². The number of aliphatic hydroxyl groups excluding tert-OH is 1. The van der Waals surface area contributed by atoms with Crippen LogP contribution in [0.1, 0.15) is 68.2 Å². The molecule has 0 aliphatic rings. The van der Waals surface area contributed by atoms with E-state index in [1.54, 1.807) is 6.92 Å². The summed E-state index contributed by atoms with van der Waals surface area (Å²) in [6.45, 7) is 21.7. The fraction of sp³-hybridized carbons (Fsp3) is 0.842. The first kappa shape index (κ1) is 25.7. The highest BCUT2D eigenvalue weighted by molar-refractivity contribution is 5.86. The van der Waals surface area contributed by atoms with E-state index in [0.29, 0.717) is 24.3 Å². The number of rotatable bonds is 10. The Morgan fingerprint density at radius 2 is 1.62 bits per heavy atom. The zero-order valence-electron chi connectivity index (χ0n) is 16.9. The van der Waals surface area contributed by atoms with E-state index in [2.05, 4.69) is 48.1 Å². The van der Waals surface area contributed by atoms with Crippen molar-refractivity contribution in [3.8, 4) is 0 Å². The molecule has 0 heterocycles. The lowest BCUT2D eigenvalue weighted by Crippen LogP contribution is -3.00. The predicted molar refractivity (Wildman–Crippen MR) is 96.2 cm³/mol. The maximum Gasteiger partial charge on any atom is 0.333 e. The molecule has 0 rings (SSSR count). The van der Waals surface area contributed by atoms with Gasteiger partial charge >= 0.3 is 5.97 Å². The van der Waals surface area contributed by atoms with Crippen LogP contribution in [-0.4, -0.2) is 52.4 Å². The van der Waals surface area contributed by atoms with Crippen molar-refractivity contribution in [3.63, 3.8) is 0 Å². The number of aliphatic hydroxyl groups is 1. The van der Waals surface area contributed by atoms with E-state index < -0.39 is 0 Å². The number of halogens is 1. The van der Waals surface area contributed by atoms with Crippen LogP contribution in [0.25, 0.3) is 0 Å². The van der Waals surface area contributed by atoms with Crippen molar-refractivity contribution in [1.29, 1.82) is 0 Å². The lowest BCUT2D eigenvalue weighted by Gasteiger charge is -2.57. The third kappa shape index (κ3) is 6.38. The maximum absolute atomic E-state index is 11.5. The van der Waals surface area contributed by atoms with Gasteiger partial charge in [0.1, 0.15) is 12.6 Å². The molecule has 0 saturated heterocycles. The third-order valence-corrected chi connectivity index (χ3v) is 5.05. The van der Waals surface area contributed by atoms with Gasteiger partial charge in [0.05, 0.1) is 24.2 Å². The van der Waals surface area contributed by atoms with Gasteiger partial charge in [-0.15, -0.1) is 0 Å². The molecule has 5 heteroatoms. The van der Waals surface area contributed by atoms with Crippen LogP contribution in [0.3, 0.4) is 0 Å². The van der Waals surface area contributed by atoms with Gasteiger partial charge in [0, 0.05) is 12.0 Å². The lowest BCUT2D eigenvalue weighted by atomic mass is 9.87. The summed E-state index contributed by atoms with van der Waals surface area (Å²) in [5.41, 5.74) is 0.419. The molecule has 1 N–H and O–H groups in total. The molecule has 0 aliphatic carbocycles. The van der Waals surface area contributed by atoms with E-state index in [1.165, 1.54) is 0 Å². The Hall–Kier alpha value is -0.580. The Kier molecular flexibility index (Phi) is 11.1. The number of quaternary nitrogens is 1. The molecule has 0 bridgehead atoms. The van der Waals surface area contributed by atoms with Gasteiger partial charge in [0.2, 0.25) is 0 Å². The largest absolute Gasteiger partial charge is 1.00 e. The normalized spacial score (nSPS) is 13.6. The van der Waals surface area contributed by atoms with Gasteiger partial charge in [-0.25, -0.2) is 4.79 Å². The molecule has 0 aromatic heterocycles. The topological polar surface area (TPSA) is 46.5 Å². The fourth-order valence-electron chi connectivity index (χ4n) is 4.10. The Balaban J connectivity index is 0. The number of esters is 1. The van der Waals surface area contributed by atoms with Gasteiger partial charge < -0.3 is 26.7 Å². The predicted octanol–water partition coefficient (Wildman–Crippen LogP) is 0.683. The van der Waals surface area contributed by atoms with Crippen LogP contribution in [0.4, 0.5) is 0 Å². The maximum atomic E-state index is 11.5. The molecule has 1 atom stereocenters. The monoisotopic (exact) mass is 363 g/mol. The molecule has 0 aliphatic heterocycles.